The van der Waals surface area contributed by atoms with Gasteiger partial charge in [-0.05, 0) is 36.4 Å². The Kier molecular flexibility index (Phi) is 5.02. The zero-order chi connectivity index (χ0) is 18.8. The minimum Gasteiger partial charge on any atom is -0.338 e. The van der Waals surface area contributed by atoms with Crippen LogP contribution in [-0.4, -0.2) is 25.0 Å². The van der Waals surface area contributed by atoms with E-state index in [-0.39, 0.29) is 0 Å². The molecule has 0 saturated carbocycles. The van der Waals surface area contributed by atoms with Crippen LogP contribution in [0.3, 0.4) is 0 Å². The zero-order valence-electron chi connectivity index (χ0n) is 13.7. The molecule has 0 bridgehead atoms. The number of benzene rings is 2. The third-order valence-electron chi connectivity index (χ3n) is 3.67. The lowest BCUT2D eigenvalue weighted by molar-refractivity contribution is 0.391. The topological polar surface area (TPSA) is 95.7 Å². The highest BCUT2D eigenvalue weighted by Gasteiger charge is 2.16. The predicted octanol–water partition coefficient (Wildman–Crippen LogP) is 4.31. The molecule has 2 aromatic carbocycles. The van der Waals surface area contributed by atoms with Crippen molar-refractivity contribution in [1.82, 2.24) is 25.0 Å². The van der Waals surface area contributed by atoms with E-state index in [2.05, 4.69) is 20.3 Å². The molecule has 2 N–H and O–H groups in total. The summed E-state index contributed by atoms with van der Waals surface area (Å²) in [5.74, 6) is 7.94. The molecule has 7 nitrogen and oxygen atoms in total. The van der Waals surface area contributed by atoms with Crippen molar-refractivity contribution in [3.8, 4) is 22.8 Å². The third kappa shape index (κ3) is 3.78. The maximum atomic E-state index is 6.20. The highest BCUT2D eigenvalue weighted by Crippen LogP contribution is 2.29. The van der Waals surface area contributed by atoms with E-state index in [4.69, 9.17) is 33.6 Å². The Labute approximate surface area is 168 Å². The van der Waals surface area contributed by atoms with Crippen molar-refractivity contribution in [3.05, 3.63) is 64.5 Å². The first-order chi connectivity index (χ1) is 13.1. The zero-order valence-corrected chi connectivity index (χ0v) is 16.0. The predicted molar refractivity (Wildman–Crippen MR) is 105 cm³/mol. The normalized spacial score (nSPS) is 11.0. The second kappa shape index (κ2) is 7.59. The van der Waals surface area contributed by atoms with Gasteiger partial charge in [0.2, 0.25) is 16.9 Å². The molecular weight excluding hydrogens is 407 g/mol. The Morgan fingerprint density at radius 3 is 2.59 bits per heavy atom. The van der Waals surface area contributed by atoms with E-state index in [1.54, 1.807) is 18.2 Å². The van der Waals surface area contributed by atoms with Crippen molar-refractivity contribution in [2.24, 2.45) is 0 Å². The molecule has 0 saturated heterocycles. The first-order valence-electron chi connectivity index (χ1n) is 7.78. The summed E-state index contributed by atoms with van der Waals surface area (Å²) in [4.78, 5) is 4.37. The molecule has 0 aliphatic heterocycles. The number of hydrogen-bond donors (Lipinski definition) is 1. The molecule has 0 spiro atoms. The fraction of sp³-hybridized carbons (Fsp3) is 0.0588. The Morgan fingerprint density at radius 2 is 1.81 bits per heavy atom. The van der Waals surface area contributed by atoms with E-state index in [1.807, 2.05) is 30.3 Å². The van der Waals surface area contributed by atoms with Gasteiger partial charge < -0.3 is 10.4 Å². The second-order valence-electron chi connectivity index (χ2n) is 5.46. The summed E-state index contributed by atoms with van der Waals surface area (Å²) in [5.41, 5.74) is 1.53. The summed E-state index contributed by atoms with van der Waals surface area (Å²) in [6.45, 7) is 0. The Balaban J connectivity index is 1.49. The van der Waals surface area contributed by atoms with Crippen molar-refractivity contribution in [1.29, 1.82) is 0 Å². The maximum Gasteiger partial charge on any atom is 0.237 e. The summed E-state index contributed by atoms with van der Waals surface area (Å²) in [6, 6.07) is 14.5. The molecule has 0 fully saturated rings. The molecule has 0 aliphatic carbocycles. The molecule has 27 heavy (non-hydrogen) atoms. The van der Waals surface area contributed by atoms with Gasteiger partial charge >= 0.3 is 0 Å². The van der Waals surface area contributed by atoms with Gasteiger partial charge in [0, 0.05) is 16.1 Å². The van der Waals surface area contributed by atoms with Crippen LogP contribution in [0.2, 0.25) is 10.0 Å². The molecule has 0 aliphatic rings. The van der Waals surface area contributed by atoms with Gasteiger partial charge in [-0.25, -0.2) is 4.68 Å². The molecule has 2 heterocycles. The van der Waals surface area contributed by atoms with Gasteiger partial charge in [0.25, 0.3) is 0 Å². The van der Waals surface area contributed by atoms with Crippen LogP contribution in [0.4, 0.5) is 0 Å². The van der Waals surface area contributed by atoms with Gasteiger partial charge in [0.05, 0.1) is 10.8 Å². The Hall–Kier alpha value is -2.55. The molecule has 0 radical (unpaired) electrons. The highest BCUT2D eigenvalue weighted by atomic mass is 35.5. The minimum atomic E-state index is 0.401. The summed E-state index contributed by atoms with van der Waals surface area (Å²) in [7, 11) is 0. The highest BCUT2D eigenvalue weighted by molar-refractivity contribution is 7.98. The quantitative estimate of drug-likeness (QED) is 0.380. The van der Waals surface area contributed by atoms with E-state index >= 15 is 0 Å². The average Bonchev–Trinajstić information content (AvgIpc) is 3.28. The van der Waals surface area contributed by atoms with Crippen molar-refractivity contribution in [3.63, 3.8) is 0 Å². The number of hydrogen-bond acceptors (Lipinski definition) is 7. The summed E-state index contributed by atoms with van der Waals surface area (Å²) >= 11 is 13.4. The molecular formula is C17H12Cl2N6OS. The monoisotopic (exact) mass is 418 g/mol. The smallest absolute Gasteiger partial charge is 0.237 e. The number of rotatable bonds is 5. The van der Waals surface area contributed by atoms with Gasteiger partial charge in [0.1, 0.15) is 0 Å². The van der Waals surface area contributed by atoms with Gasteiger partial charge in [-0.2, -0.15) is 4.98 Å². The number of aromatic nitrogens is 5. The first-order valence-corrected chi connectivity index (χ1v) is 9.52. The number of nitrogens with zero attached hydrogens (tertiary/aromatic N) is 5. The molecule has 0 atom stereocenters. The fourth-order valence-corrected chi connectivity index (χ4v) is 3.40. The Bertz CT molecular complexity index is 1080. The number of thioether (sulfide) groups is 1. The average molecular weight is 419 g/mol. The van der Waals surface area contributed by atoms with Gasteiger partial charge in [0.15, 0.2) is 5.82 Å². The molecule has 0 unspecified atom stereocenters. The Morgan fingerprint density at radius 1 is 1.04 bits per heavy atom. The van der Waals surface area contributed by atoms with Crippen LogP contribution in [0.1, 0.15) is 5.89 Å². The first kappa shape index (κ1) is 17.8. The molecule has 4 rings (SSSR count). The van der Waals surface area contributed by atoms with E-state index in [0.29, 0.717) is 44.1 Å². The number of halogens is 2. The molecule has 136 valence electrons. The van der Waals surface area contributed by atoms with E-state index < -0.39 is 0 Å². The number of nitrogen functional groups attached to an aromatic ring is 1. The lowest BCUT2D eigenvalue weighted by Crippen LogP contribution is -2.11. The maximum absolute atomic E-state index is 6.20. The fourth-order valence-electron chi connectivity index (χ4n) is 2.36. The van der Waals surface area contributed by atoms with Gasteiger partial charge in [-0.1, -0.05) is 52.3 Å². The molecule has 0 amide bonds. The largest absolute Gasteiger partial charge is 0.338 e. The van der Waals surface area contributed by atoms with Crippen LogP contribution in [0, 0.1) is 0 Å². The van der Waals surface area contributed by atoms with Crippen LogP contribution < -0.4 is 5.84 Å². The lowest BCUT2D eigenvalue weighted by atomic mass is 10.2. The van der Waals surface area contributed by atoms with Gasteiger partial charge in [-0.3, -0.25) is 0 Å². The van der Waals surface area contributed by atoms with E-state index in [1.165, 1.54) is 16.4 Å². The SMILES string of the molecule is Nn1c(SCc2nc(-c3ccc(Cl)cc3)no2)nnc1-c1ccccc1Cl. The summed E-state index contributed by atoms with van der Waals surface area (Å²) in [5, 5.41) is 13.9. The standard InChI is InChI=1S/C17H12Cl2N6OS/c18-11-7-5-10(6-8-11)15-21-14(26-24-15)9-27-17-23-22-16(25(17)20)12-3-1-2-4-13(12)19/h1-8H,9,20H2. The lowest BCUT2D eigenvalue weighted by Gasteiger charge is -2.04. The van der Waals surface area contributed by atoms with Crippen LogP contribution in [0.15, 0.2) is 58.2 Å². The number of nitrogens with two attached hydrogens (primary N) is 1. The van der Waals surface area contributed by atoms with Crippen LogP contribution >= 0.6 is 35.0 Å². The van der Waals surface area contributed by atoms with Crippen molar-refractivity contribution < 1.29 is 4.52 Å². The van der Waals surface area contributed by atoms with Crippen molar-refractivity contribution in [2.75, 3.05) is 5.84 Å². The minimum absolute atomic E-state index is 0.401. The van der Waals surface area contributed by atoms with Crippen molar-refractivity contribution >= 4 is 35.0 Å². The van der Waals surface area contributed by atoms with Crippen LogP contribution in [-0.2, 0) is 5.75 Å². The van der Waals surface area contributed by atoms with Crippen LogP contribution in [0.25, 0.3) is 22.8 Å². The second-order valence-corrected chi connectivity index (χ2v) is 7.25. The molecule has 4 aromatic rings. The van der Waals surface area contributed by atoms with Crippen LogP contribution in [0.5, 0.6) is 0 Å². The summed E-state index contributed by atoms with van der Waals surface area (Å²) in [6.07, 6.45) is 0. The van der Waals surface area contributed by atoms with Gasteiger partial charge in [-0.15, -0.1) is 10.2 Å². The van der Waals surface area contributed by atoms with E-state index in [9.17, 15) is 0 Å². The van der Waals surface area contributed by atoms with E-state index in [0.717, 1.165) is 5.56 Å². The molecule has 10 heteroatoms. The third-order valence-corrected chi connectivity index (χ3v) is 5.18. The van der Waals surface area contributed by atoms with Crippen molar-refractivity contribution in [2.45, 2.75) is 10.9 Å². The summed E-state index contributed by atoms with van der Waals surface area (Å²) < 4.78 is 6.68. The molecule has 2 aromatic heterocycles.